The highest BCUT2D eigenvalue weighted by atomic mass is 31.0. The molecule has 1 unspecified atom stereocenters. The molecule has 60 valence electrons. The average molecular weight is 168 g/mol. The summed E-state index contributed by atoms with van der Waals surface area (Å²) >= 11 is 0. The molecule has 0 radical (unpaired) electrons. The zero-order valence-corrected chi connectivity index (χ0v) is 7.77. The molecule has 2 heteroatoms. The Labute approximate surface area is 69.7 Å². The van der Waals surface area contributed by atoms with Crippen molar-refractivity contribution in [1.29, 1.82) is 0 Å². The first-order chi connectivity index (χ1) is 5.24. The fraction of sp³-hybridized carbons (Fsp3) is 0.333. The third kappa shape index (κ3) is 2.28. The molecule has 1 aromatic carbocycles. The molecular formula is C9H13OP. The summed E-state index contributed by atoms with van der Waals surface area (Å²) in [7, 11) is 2.62. The zero-order chi connectivity index (χ0) is 8.27. The second-order valence-electron chi connectivity index (χ2n) is 2.59. The van der Waals surface area contributed by atoms with Gasteiger partial charge in [-0.25, -0.2) is 0 Å². The Kier molecular flexibility index (Phi) is 3.04. The number of benzene rings is 1. The van der Waals surface area contributed by atoms with E-state index in [1.54, 1.807) is 0 Å². The summed E-state index contributed by atoms with van der Waals surface area (Å²) in [5.41, 5.74) is 0.999. The lowest BCUT2D eigenvalue weighted by Gasteiger charge is -2.07. The van der Waals surface area contributed by atoms with Crippen molar-refractivity contribution in [3.63, 3.8) is 0 Å². The van der Waals surface area contributed by atoms with Gasteiger partial charge in [0.15, 0.2) is 0 Å². The van der Waals surface area contributed by atoms with Gasteiger partial charge in [0, 0.05) is 0 Å². The van der Waals surface area contributed by atoms with Crippen LogP contribution in [0.4, 0.5) is 0 Å². The molecule has 1 aromatic rings. The minimum atomic E-state index is -0.305. The normalized spacial score (nSPS) is 13.0. The predicted octanol–water partition coefficient (Wildman–Crippen LogP) is 1.63. The molecule has 2 atom stereocenters. The molecule has 0 saturated carbocycles. The molecule has 0 saturated heterocycles. The first-order valence-electron chi connectivity index (χ1n) is 3.77. The second-order valence-corrected chi connectivity index (χ2v) is 3.26. The molecule has 0 spiro atoms. The summed E-state index contributed by atoms with van der Waals surface area (Å²) in [6.45, 7) is 1.97. The Morgan fingerprint density at radius 3 is 2.36 bits per heavy atom. The van der Waals surface area contributed by atoms with E-state index in [1.165, 1.54) is 0 Å². The van der Waals surface area contributed by atoms with Crippen LogP contribution in [0, 0.1) is 0 Å². The Bertz CT molecular complexity index is 218. The maximum absolute atomic E-state index is 9.41. The van der Waals surface area contributed by atoms with Crippen LogP contribution in [0.3, 0.4) is 0 Å². The molecule has 1 rings (SSSR count). The highest BCUT2D eigenvalue weighted by Crippen LogP contribution is 2.14. The third-order valence-corrected chi connectivity index (χ3v) is 2.09. The van der Waals surface area contributed by atoms with Gasteiger partial charge in [-0.15, -0.1) is 9.24 Å². The van der Waals surface area contributed by atoms with Crippen molar-refractivity contribution in [3.8, 4) is 0 Å². The fourth-order valence-corrected chi connectivity index (χ4v) is 1.15. The smallest absolute Gasteiger partial charge is 0.0787 e. The van der Waals surface area contributed by atoms with E-state index in [-0.39, 0.29) is 6.10 Å². The van der Waals surface area contributed by atoms with Crippen LogP contribution in [0.2, 0.25) is 0 Å². The van der Waals surface area contributed by atoms with Crippen LogP contribution in [0.15, 0.2) is 24.3 Å². The molecule has 0 aliphatic rings. The van der Waals surface area contributed by atoms with Gasteiger partial charge in [0.25, 0.3) is 0 Å². The molecular weight excluding hydrogens is 155 g/mol. The molecule has 0 amide bonds. The van der Waals surface area contributed by atoms with Gasteiger partial charge >= 0.3 is 0 Å². The maximum Gasteiger partial charge on any atom is 0.0787 e. The van der Waals surface area contributed by atoms with Crippen LogP contribution in [0.1, 0.15) is 25.0 Å². The van der Waals surface area contributed by atoms with Crippen LogP contribution in [-0.2, 0) is 0 Å². The Morgan fingerprint density at radius 2 is 1.91 bits per heavy atom. The van der Waals surface area contributed by atoms with E-state index in [0.717, 1.165) is 17.3 Å². The molecule has 11 heavy (non-hydrogen) atoms. The predicted molar refractivity (Wildman–Crippen MR) is 51.0 cm³/mol. The van der Waals surface area contributed by atoms with Crippen molar-refractivity contribution >= 4 is 14.5 Å². The number of rotatable bonds is 2. The second kappa shape index (κ2) is 3.85. The number of aliphatic hydroxyl groups is 1. The molecule has 0 aliphatic heterocycles. The summed E-state index contributed by atoms with van der Waals surface area (Å²) in [6, 6.07) is 7.88. The summed E-state index contributed by atoms with van der Waals surface area (Å²) in [5.74, 6) is 0. The van der Waals surface area contributed by atoms with Gasteiger partial charge in [-0.1, -0.05) is 31.2 Å². The lowest BCUT2D eigenvalue weighted by molar-refractivity contribution is 0.173. The minimum Gasteiger partial charge on any atom is -0.388 e. The molecule has 0 aliphatic carbocycles. The van der Waals surface area contributed by atoms with E-state index in [0.29, 0.717) is 0 Å². The van der Waals surface area contributed by atoms with Gasteiger partial charge in [0.1, 0.15) is 0 Å². The van der Waals surface area contributed by atoms with E-state index < -0.39 is 0 Å². The average Bonchev–Trinajstić information content (AvgIpc) is 2.05. The zero-order valence-electron chi connectivity index (χ0n) is 6.62. The van der Waals surface area contributed by atoms with Gasteiger partial charge in [-0.3, -0.25) is 0 Å². The number of hydrogen-bond donors (Lipinski definition) is 1. The van der Waals surface area contributed by atoms with Gasteiger partial charge in [-0.2, -0.15) is 0 Å². The molecule has 0 fully saturated rings. The summed E-state index contributed by atoms with van der Waals surface area (Å²) in [4.78, 5) is 0. The van der Waals surface area contributed by atoms with Gasteiger partial charge in [0.05, 0.1) is 6.10 Å². The molecule has 1 nitrogen and oxygen atoms in total. The standard InChI is InChI=1S/C9H13OP/c1-2-9(10)7-3-5-8(11)6-4-7/h3-6,9-10H,2,11H2,1H3/t9-/m0/s1. The van der Waals surface area contributed by atoms with Crippen LogP contribution >= 0.6 is 9.24 Å². The lowest BCUT2D eigenvalue weighted by Crippen LogP contribution is -1.97. The van der Waals surface area contributed by atoms with Crippen molar-refractivity contribution in [2.75, 3.05) is 0 Å². The van der Waals surface area contributed by atoms with E-state index in [1.807, 2.05) is 31.2 Å². The number of hydrogen-bond acceptors (Lipinski definition) is 1. The summed E-state index contributed by atoms with van der Waals surface area (Å²) < 4.78 is 0. The van der Waals surface area contributed by atoms with Crippen molar-refractivity contribution in [1.82, 2.24) is 0 Å². The quantitative estimate of drug-likeness (QED) is 0.665. The largest absolute Gasteiger partial charge is 0.388 e. The number of aliphatic hydroxyl groups excluding tert-OH is 1. The Hall–Kier alpha value is -0.390. The first-order valence-corrected chi connectivity index (χ1v) is 4.35. The first kappa shape index (κ1) is 8.70. The molecule has 0 heterocycles. The van der Waals surface area contributed by atoms with Crippen LogP contribution < -0.4 is 5.30 Å². The van der Waals surface area contributed by atoms with Gasteiger partial charge in [0.2, 0.25) is 0 Å². The van der Waals surface area contributed by atoms with Crippen molar-refractivity contribution in [3.05, 3.63) is 29.8 Å². The fourth-order valence-electron chi connectivity index (χ4n) is 0.954. The molecule has 0 aromatic heterocycles. The van der Waals surface area contributed by atoms with Crippen LogP contribution in [0.5, 0.6) is 0 Å². The van der Waals surface area contributed by atoms with Gasteiger partial charge in [-0.05, 0) is 17.3 Å². The van der Waals surface area contributed by atoms with E-state index in [2.05, 4.69) is 9.24 Å². The van der Waals surface area contributed by atoms with E-state index in [9.17, 15) is 5.11 Å². The van der Waals surface area contributed by atoms with E-state index >= 15 is 0 Å². The molecule has 0 bridgehead atoms. The van der Waals surface area contributed by atoms with Gasteiger partial charge < -0.3 is 5.11 Å². The van der Waals surface area contributed by atoms with Crippen molar-refractivity contribution < 1.29 is 5.11 Å². The molecule has 1 N–H and O–H groups in total. The van der Waals surface area contributed by atoms with Crippen molar-refractivity contribution in [2.45, 2.75) is 19.4 Å². The van der Waals surface area contributed by atoms with Crippen molar-refractivity contribution in [2.24, 2.45) is 0 Å². The Balaban J connectivity index is 2.81. The lowest BCUT2D eigenvalue weighted by atomic mass is 10.1. The minimum absolute atomic E-state index is 0.305. The summed E-state index contributed by atoms with van der Waals surface area (Å²) in [6.07, 6.45) is 0.469. The monoisotopic (exact) mass is 168 g/mol. The third-order valence-electron chi connectivity index (χ3n) is 1.71. The highest BCUT2D eigenvalue weighted by molar-refractivity contribution is 7.27. The SMILES string of the molecule is CC[C@H](O)c1ccc(P)cc1. The summed E-state index contributed by atoms with van der Waals surface area (Å²) in [5, 5.41) is 10.6. The van der Waals surface area contributed by atoms with E-state index in [4.69, 9.17) is 0 Å². The highest BCUT2D eigenvalue weighted by Gasteiger charge is 2.02. The topological polar surface area (TPSA) is 20.2 Å². The Morgan fingerprint density at radius 1 is 1.36 bits per heavy atom. The maximum atomic E-state index is 9.41. The van der Waals surface area contributed by atoms with Crippen LogP contribution in [0.25, 0.3) is 0 Å². The van der Waals surface area contributed by atoms with Crippen LogP contribution in [-0.4, -0.2) is 5.11 Å².